The first-order valence-corrected chi connectivity index (χ1v) is 6.04. The van der Waals surface area contributed by atoms with Crippen LogP contribution in [0.4, 0.5) is 11.6 Å². The molecule has 0 atom stereocenters. The third kappa shape index (κ3) is 3.31. The molecule has 0 spiro atoms. The van der Waals surface area contributed by atoms with Crippen LogP contribution in [0.3, 0.4) is 0 Å². The number of aromatic nitrogens is 3. The van der Waals surface area contributed by atoms with E-state index in [4.69, 9.17) is 4.74 Å². The Morgan fingerprint density at radius 3 is 2.58 bits per heavy atom. The first kappa shape index (κ1) is 13.1. The van der Waals surface area contributed by atoms with Crippen LogP contribution in [0.25, 0.3) is 0 Å². The van der Waals surface area contributed by atoms with E-state index in [2.05, 4.69) is 25.6 Å². The maximum Gasteiger partial charge on any atom is 0.204 e. The van der Waals surface area contributed by atoms with E-state index >= 15 is 0 Å². The maximum atomic E-state index is 5.31. The summed E-state index contributed by atoms with van der Waals surface area (Å²) in [6.07, 6.45) is 5.98. The second-order valence-electron chi connectivity index (χ2n) is 3.89. The predicted octanol–water partition coefficient (Wildman–Crippen LogP) is 1.58. The fourth-order valence-corrected chi connectivity index (χ4v) is 1.75. The molecular formula is C13H17N5O. The van der Waals surface area contributed by atoms with Gasteiger partial charge < -0.3 is 15.4 Å². The van der Waals surface area contributed by atoms with Gasteiger partial charge in [-0.25, -0.2) is 9.97 Å². The predicted molar refractivity (Wildman–Crippen MR) is 74.6 cm³/mol. The number of methoxy groups -OCH3 is 1. The van der Waals surface area contributed by atoms with Crippen LogP contribution >= 0.6 is 0 Å². The topological polar surface area (TPSA) is 72.0 Å². The monoisotopic (exact) mass is 259 g/mol. The Labute approximate surface area is 112 Å². The van der Waals surface area contributed by atoms with Crippen molar-refractivity contribution < 1.29 is 4.74 Å². The van der Waals surface area contributed by atoms with E-state index in [0.29, 0.717) is 17.4 Å². The van der Waals surface area contributed by atoms with Crippen LogP contribution < -0.4 is 15.4 Å². The minimum absolute atomic E-state index is 0.625. The molecule has 19 heavy (non-hydrogen) atoms. The first-order valence-electron chi connectivity index (χ1n) is 6.04. The van der Waals surface area contributed by atoms with Crippen LogP contribution in [0.5, 0.6) is 5.75 Å². The Morgan fingerprint density at radius 2 is 1.89 bits per heavy atom. The van der Waals surface area contributed by atoms with Crippen LogP contribution in [-0.4, -0.2) is 35.7 Å². The third-order valence-electron chi connectivity index (χ3n) is 2.70. The van der Waals surface area contributed by atoms with Gasteiger partial charge in [-0.15, -0.1) is 0 Å². The van der Waals surface area contributed by atoms with E-state index < -0.39 is 0 Å². The summed E-state index contributed by atoms with van der Waals surface area (Å²) < 4.78 is 5.31. The molecule has 2 aromatic rings. The van der Waals surface area contributed by atoms with E-state index in [1.807, 2.05) is 12.1 Å². The molecule has 2 N–H and O–H groups in total. The Kier molecular flexibility index (Phi) is 4.49. The number of rotatable bonds is 6. The van der Waals surface area contributed by atoms with Gasteiger partial charge in [0, 0.05) is 26.0 Å². The Morgan fingerprint density at radius 1 is 1.16 bits per heavy atom. The molecule has 0 aliphatic carbocycles. The normalized spacial score (nSPS) is 10.0. The summed E-state index contributed by atoms with van der Waals surface area (Å²) in [7, 11) is 3.40. The number of pyridine rings is 1. The van der Waals surface area contributed by atoms with E-state index in [1.165, 1.54) is 11.9 Å². The van der Waals surface area contributed by atoms with Gasteiger partial charge in [0.2, 0.25) is 5.75 Å². The van der Waals surface area contributed by atoms with Gasteiger partial charge in [-0.05, 0) is 24.1 Å². The van der Waals surface area contributed by atoms with Crippen molar-refractivity contribution in [3.05, 3.63) is 36.4 Å². The minimum Gasteiger partial charge on any atom is -0.490 e. The highest BCUT2D eigenvalue weighted by Gasteiger charge is 2.09. The SMILES string of the molecule is CNc1ncnc(NCCc2ccncc2)c1OC. The van der Waals surface area contributed by atoms with Gasteiger partial charge >= 0.3 is 0 Å². The highest BCUT2D eigenvalue weighted by molar-refractivity contribution is 5.63. The van der Waals surface area contributed by atoms with Gasteiger partial charge in [0.05, 0.1) is 7.11 Å². The van der Waals surface area contributed by atoms with Crippen LogP contribution in [0, 0.1) is 0 Å². The van der Waals surface area contributed by atoms with Gasteiger partial charge in [0.15, 0.2) is 11.6 Å². The van der Waals surface area contributed by atoms with Crippen LogP contribution in [0.15, 0.2) is 30.9 Å². The van der Waals surface area contributed by atoms with Crippen molar-refractivity contribution in [3.8, 4) is 5.75 Å². The van der Waals surface area contributed by atoms with Crippen LogP contribution in [-0.2, 0) is 6.42 Å². The van der Waals surface area contributed by atoms with Crippen molar-refractivity contribution >= 4 is 11.6 Å². The molecule has 0 radical (unpaired) electrons. The summed E-state index contributed by atoms with van der Waals surface area (Å²) >= 11 is 0. The van der Waals surface area contributed by atoms with Crippen molar-refractivity contribution in [3.63, 3.8) is 0 Å². The summed E-state index contributed by atoms with van der Waals surface area (Å²) in [5.74, 6) is 1.99. The average Bonchev–Trinajstić information content (AvgIpc) is 2.48. The summed E-state index contributed by atoms with van der Waals surface area (Å²) in [4.78, 5) is 12.3. The van der Waals surface area contributed by atoms with Gasteiger partial charge in [-0.3, -0.25) is 4.98 Å². The lowest BCUT2D eigenvalue weighted by Crippen LogP contribution is -2.09. The fourth-order valence-electron chi connectivity index (χ4n) is 1.75. The molecule has 100 valence electrons. The molecule has 6 nitrogen and oxygen atoms in total. The zero-order valence-corrected chi connectivity index (χ0v) is 11.1. The number of ether oxygens (including phenoxy) is 1. The van der Waals surface area contributed by atoms with Gasteiger partial charge in [-0.1, -0.05) is 0 Å². The molecule has 0 aromatic carbocycles. The molecule has 2 aromatic heterocycles. The number of nitrogens with zero attached hydrogens (tertiary/aromatic N) is 3. The average molecular weight is 259 g/mol. The number of hydrogen-bond donors (Lipinski definition) is 2. The second-order valence-corrected chi connectivity index (χ2v) is 3.89. The van der Waals surface area contributed by atoms with Crippen molar-refractivity contribution in [2.75, 3.05) is 31.3 Å². The van der Waals surface area contributed by atoms with E-state index in [0.717, 1.165) is 13.0 Å². The lowest BCUT2D eigenvalue weighted by atomic mass is 10.2. The molecule has 2 rings (SSSR count). The highest BCUT2D eigenvalue weighted by atomic mass is 16.5. The first-order chi connectivity index (χ1) is 9.35. The molecule has 2 heterocycles. The summed E-state index contributed by atoms with van der Waals surface area (Å²) in [6, 6.07) is 4.00. The van der Waals surface area contributed by atoms with Crippen molar-refractivity contribution in [2.24, 2.45) is 0 Å². The molecule has 0 bridgehead atoms. The maximum absolute atomic E-state index is 5.31. The molecule has 0 fully saturated rings. The number of nitrogens with one attached hydrogen (secondary N) is 2. The Hall–Kier alpha value is -2.37. The van der Waals surface area contributed by atoms with Gasteiger partial charge in [-0.2, -0.15) is 0 Å². The van der Waals surface area contributed by atoms with Crippen molar-refractivity contribution in [2.45, 2.75) is 6.42 Å². The van der Waals surface area contributed by atoms with Crippen LogP contribution in [0.1, 0.15) is 5.56 Å². The van der Waals surface area contributed by atoms with Gasteiger partial charge in [0.25, 0.3) is 0 Å². The summed E-state index contributed by atoms with van der Waals surface area (Å²) in [5, 5.41) is 6.22. The summed E-state index contributed by atoms with van der Waals surface area (Å²) in [5.41, 5.74) is 1.23. The van der Waals surface area contributed by atoms with Crippen LogP contribution in [0.2, 0.25) is 0 Å². The molecule has 0 aliphatic rings. The number of anilines is 2. The second kappa shape index (κ2) is 6.53. The number of hydrogen-bond acceptors (Lipinski definition) is 6. The lowest BCUT2D eigenvalue weighted by molar-refractivity contribution is 0.415. The van der Waals surface area contributed by atoms with E-state index in [-0.39, 0.29) is 0 Å². The molecule has 0 saturated carbocycles. The fraction of sp³-hybridized carbons (Fsp3) is 0.308. The smallest absolute Gasteiger partial charge is 0.204 e. The van der Waals surface area contributed by atoms with Gasteiger partial charge in [0.1, 0.15) is 6.33 Å². The molecular weight excluding hydrogens is 242 g/mol. The molecule has 6 heteroatoms. The minimum atomic E-state index is 0.625. The largest absolute Gasteiger partial charge is 0.490 e. The molecule has 0 unspecified atom stereocenters. The van der Waals surface area contributed by atoms with Crippen molar-refractivity contribution in [1.29, 1.82) is 0 Å². The van der Waals surface area contributed by atoms with E-state index in [1.54, 1.807) is 26.6 Å². The lowest BCUT2D eigenvalue weighted by Gasteiger charge is -2.12. The standard InChI is InChI=1S/C13H17N5O/c1-14-12-11(19-2)13(18-9-17-12)16-8-5-10-3-6-15-7-4-10/h3-4,6-7,9H,5,8H2,1-2H3,(H2,14,16,17,18). The molecule has 0 saturated heterocycles. The Balaban J connectivity index is 2.00. The zero-order chi connectivity index (χ0) is 13.5. The third-order valence-corrected chi connectivity index (χ3v) is 2.70. The Bertz CT molecular complexity index is 518. The molecule has 0 aliphatic heterocycles. The van der Waals surface area contributed by atoms with E-state index in [9.17, 15) is 0 Å². The molecule has 0 amide bonds. The summed E-state index contributed by atoms with van der Waals surface area (Å²) in [6.45, 7) is 0.764. The highest BCUT2D eigenvalue weighted by Crippen LogP contribution is 2.28. The van der Waals surface area contributed by atoms with Crippen molar-refractivity contribution in [1.82, 2.24) is 15.0 Å². The quantitative estimate of drug-likeness (QED) is 0.820. The zero-order valence-electron chi connectivity index (χ0n) is 11.1.